The minimum absolute atomic E-state index is 0.428. The van der Waals surface area contributed by atoms with Crippen LogP contribution in [0.5, 0.6) is 0 Å². The molecular weight excluding hydrogens is 238 g/mol. The number of benzene rings is 1. The quantitative estimate of drug-likeness (QED) is 0.839. The zero-order chi connectivity index (χ0) is 13.4. The van der Waals surface area contributed by atoms with Crippen molar-refractivity contribution in [3.05, 3.63) is 23.8 Å². The molecule has 5 nitrogen and oxygen atoms in total. The summed E-state index contributed by atoms with van der Waals surface area (Å²) in [4.78, 5) is 0. The van der Waals surface area contributed by atoms with E-state index in [0.29, 0.717) is 6.04 Å². The molecule has 2 unspecified atom stereocenters. The predicted octanol–water partition coefficient (Wildman–Crippen LogP) is 2.59. The molecular formula is C14H19N5. The van der Waals surface area contributed by atoms with Crippen LogP contribution in [0.15, 0.2) is 18.2 Å². The van der Waals surface area contributed by atoms with Gasteiger partial charge in [0.1, 0.15) is 0 Å². The Hall–Kier alpha value is -1.91. The molecule has 0 saturated heterocycles. The lowest BCUT2D eigenvalue weighted by Crippen LogP contribution is -2.10. The first kappa shape index (κ1) is 12.1. The van der Waals surface area contributed by atoms with E-state index in [1.54, 1.807) is 0 Å². The lowest BCUT2D eigenvalue weighted by molar-refractivity contribution is 0.443. The molecule has 0 aliphatic heterocycles. The number of nitrogens with zero attached hydrogens (tertiary/aromatic N) is 4. The SMILES string of the molecule is Cc1cc(N)ccc1-c1nnnn1C1CCC(C)C1. The number of hydrogen-bond acceptors (Lipinski definition) is 4. The molecule has 2 atom stereocenters. The van der Waals surface area contributed by atoms with Crippen molar-refractivity contribution in [2.24, 2.45) is 5.92 Å². The molecule has 1 fully saturated rings. The molecule has 2 aromatic rings. The fourth-order valence-corrected chi connectivity index (χ4v) is 2.95. The highest BCUT2D eigenvalue weighted by molar-refractivity contribution is 5.63. The van der Waals surface area contributed by atoms with Gasteiger partial charge in [0.15, 0.2) is 5.82 Å². The van der Waals surface area contributed by atoms with Gasteiger partial charge >= 0.3 is 0 Å². The highest BCUT2D eigenvalue weighted by atomic mass is 15.5. The summed E-state index contributed by atoms with van der Waals surface area (Å²) in [6, 6.07) is 6.30. The standard InChI is InChI=1S/C14H19N5/c1-9-3-5-12(7-9)19-14(16-17-18-19)13-6-4-11(15)8-10(13)2/h4,6,8-9,12H,3,5,7,15H2,1-2H3. The van der Waals surface area contributed by atoms with Crippen LogP contribution in [-0.2, 0) is 0 Å². The second-order valence-corrected chi connectivity index (χ2v) is 5.59. The molecule has 1 aromatic heterocycles. The number of nitrogen functional groups attached to an aromatic ring is 1. The summed E-state index contributed by atoms with van der Waals surface area (Å²) >= 11 is 0. The van der Waals surface area contributed by atoms with Crippen molar-refractivity contribution < 1.29 is 0 Å². The fraction of sp³-hybridized carbons (Fsp3) is 0.500. The Kier molecular flexibility index (Phi) is 2.97. The third-order valence-electron chi connectivity index (χ3n) is 4.00. The second-order valence-electron chi connectivity index (χ2n) is 5.59. The summed E-state index contributed by atoms with van der Waals surface area (Å²) in [5.74, 6) is 1.62. The molecule has 1 heterocycles. The van der Waals surface area contributed by atoms with E-state index in [-0.39, 0.29) is 0 Å². The number of aryl methyl sites for hydroxylation is 1. The van der Waals surface area contributed by atoms with Crippen molar-refractivity contribution in [3.63, 3.8) is 0 Å². The number of tetrazole rings is 1. The summed E-state index contributed by atoms with van der Waals surface area (Å²) in [6.07, 6.45) is 3.57. The van der Waals surface area contributed by atoms with Gasteiger partial charge in [-0.05, 0) is 66.3 Å². The van der Waals surface area contributed by atoms with E-state index >= 15 is 0 Å². The Balaban J connectivity index is 2.00. The maximum Gasteiger partial charge on any atom is 0.182 e. The molecule has 2 N–H and O–H groups in total. The van der Waals surface area contributed by atoms with Crippen LogP contribution in [0.4, 0.5) is 5.69 Å². The van der Waals surface area contributed by atoms with Gasteiger partial charge in [0.05, 0.1) is 6.04 Å². The Bertz CT molecular complexity index is 589. The summed E-state index contributed by atoms with van der Waals surface area (Å²) in [5.41, 5.74) is 8.76. The first-order valence-corrected chi connectivity index (χ1v) is 6.79. The number of rotatable bonds is 2. The van der Waals surface area contributed by atoms with Gasteiger partial charge < -0.3 is 5.73 Å². The monoisotopic (exact) mass is 257 g/mol. The number of aromatic nitrogens is 4. The molecule has 5 heteroatoms. The molecule has 0 amide bonds. The zero-order valence-corrected chi connectivity index (χ0v) is 11.4. The van der Waals surface area contributed by atoms with Crippen molar-refractivity contribution in [2.75, 3.05) is 5.73 Å². The zero-order valence-electron chi connectivity index (χ0n) is 11.4. The van der Waals surface area contributed by atoms with Gasteiger partial charge in [-0.3, -0.25) is 0 Å². The fourth-order valence-electron chi connectivity index (χ4n) is 2.95. The highest BCUT2D eigenvalue weighted by Crippen LogP contribution is 2.36. The first-order chi connectivity index (χ1) is 9.15. The van der Waals surface area contributed by atoms with Gasteiger partial charge in [-0.1, -0.05) is 6.92 Å². The van der Waals surface area contributed by atoms with E-state index < -0.39 is 0 Å². The summed E-state index contributed by atoms with van der Waals surface area (Å²) in [6.45, 7) is 4.33. The van der Waals surface area contributed by atoms with Crippen molar-refractivity contribution in [3.8, 4) is 11.4 Å². The summed E-state index contributed by atoms with van der Waals surface area (Å²) in [7, 11) is 0. The highest BCUT2D eigenvalue weighted by Gasteiger charge is 2.26. The van der Waals surface area contributed by atoms with Crippen molar-refractivity contribution in [1.29, 1.82) is 0 Å². The molecule has 0 radical (unpaired) electrons. The van der Waals surface area contributed by atoms with E-state index in [0.717, 1.165) is 41.4 Å². The number of nitrogens with two attached hydrogens (primary N) is 1. The van der Waals surface area contributed by atoms with Crippen LogP contribution in [0.2, 0.25) is 0 Å². The summed E-state index contributed by atoms with van der Waals surface area (Å²) < 4.78 is 1.99. The Morgan fingerprint density at radius 1 is 1.32 bits per heavy atom. The van der Waals surface area contributed by atoms with E-state index in [1.807, 2.05) is 29.8 Å². The molecule has 1 aliphatic carbocycles. The van der Waals surface area contributed by atoms with Gasteiger partial charge in [0, 0.05) is 11.3 Å². The number of hydrogen-bond donors (Lipinski definition) is 1. The van der Waals surface area contributed by atoms with Crippen LogP contribution in [0, 0.1) is 12.8 Å². The average molecular weight is 257 g/mol. The van der Waals surface area contributed by atoms with Gasteiger partial charge in [-0.2, -0.15) is 0 Å². The normalized spacial score (nSPS) is 22.8. The van der Waals surface area contributed by atoms with Gasteiger partial charge in [-0.15, -0.1) is 5.10 Å². The van der Waals surface area contributed by atoms with E-state index in [2.05, 4.69) is 22.4 Å². The first-order valence-electron chi connectivity index (χ1n) is 6.79. The van der Waals surface area contributed by atoms with Gasteiger partial charge in [-0.25, -0.2) is 4.68 Å². The minimum atomic E-state index is 0.428. The van der Waals surface area contributed by atoms with Crippen LogP contribution in [-0.4, -0.2) is 20.2 Å². The molecule has 0 spiro atoms. The average Bonchev–Trinajstić information content (AvgIpc) is 2.97. The topological polar surface area (TPSA) is 69.6 Å². The van der Waals surface area contributed by atoms with E-state index in [9.17, 15) is 0 Å². The van der Waals surface area contributed by atoms with Crippen molar-refractivity contribution in [2.45, 2.75) is 39.2 Å². The van der Waals surface area contributed by atoms with E-state index in [4.69, 9.17) is 5.73 Å². The van der Waals surface area contributed by atoms with Gasteiger partial charge in [0.2, 0.25) is 0 Å². The predicted molar refractivity (Wildman–Crippen MR) is 74.5 cm³/mol. The maximum absolute atomic E-state index is 5.80. The third-order valence-corrected chi connectivity index (χ3v) is 4.00. The van der Waals surface area contributed by atoms with Crippen LogP contribution < -0.4 is 5.73 Å². The molecule has 3 rings (SSSR count). The van der Waals surface area contributed by atoms with E-state index in [1.165, 1.54) is 6.42 Å². The number of anilines is 1. The lowest BCUT2D eigenvalue weighted by atomic mass is 10.1. The minimum Gasteiger partial charge on any atom is -0.399 e. The van der Waals surface area contributed by atoms with Crippen LogP contribution in [0.25, 0.3) is 11.4 Å². The Labute approximate surface area is 112 Å². The molecule has 100 valence electrons. The molecule has 1 saturated carbocycles. The maximum atomic E-state index is 5.80. The summed E-state index contributed by atoms with van der Waals surface area (Å²) in [5, 5.41) is 12.3. The van der Waals surface area contributed by atoms with Gasteiger partial charge in [0.25, 0.3) is 0 Å². The largest absolute Gasteiger partial charge is 0.399 e. The molecule has 1 aromatic carbocycles. The van der Waals surface area contributed by atoms with Crippen molar-refractivity contribution in [1.82, 2.24) is 20.2 Å². The van der Waals surface area contributed by atoms with Crippen LogP contribution in [0.1, 0.15) is 37.8 Å². The van der Waals surface area contributed by atoms with Crippen LogP contribution in [0.3, 0.4) is 0 Å². The third kappa shape index (κ3) is 2.20. The second kappa shape index (κ2) is 4.64. The molecule has 0 bridgehead atoms. The Morgan fingerprint density at radius 2 is 2.16 bits per heavy atom. The Morgan fingerprint density at radius 3 is 2.84 bits per heavy atom. The molecule has 1 aliphatic rings. The van der Waals surface area contributed by atoms with Crippen molar-refractivity contribution >= 4 is 5.69 Å². The lowest BCUT2D eigenvalue weighted by Gasteiger charge is -2.13. The smallest absolute Gasteiger partial charge is 0.182 e. The van der Waals surface area contributed by atoms with Crippen LogP contribution >= 0.6 is 0 Å². The molecule has 19 heavy (non-hydrogen) atoms.